The molecule has 0 rings (SSSR count). The van der Waals surface area contributed by atoms with Crippen LogP contribution in [-0.4, -0.2) is 46.7 Å². The van der Waals surface area contributed by atoms with Gasteiger partial charge in [0.25, 0.3) is 0 Å². The molecule has 0 fully saturated rings. The number of ether oxygens (including phenoxy) is 1. The van der Waals surface area contributed by atoms with Gasteiger partial charge in [0, 0.05) is 13.5 Å². The van der Waals surface area contributed by atoms with Crippen LogP contribution in [0.5, 0.6) is 0 Å². The lowest BCUT2D eigenvalue weighted by Gasteiger charge is -2.13. The minimum Gasteiger partial charge on any atom is -0.481 e. The van der Waals surface area contributed by atoms with Crippen LogP contribution >= 0.6 is 0 Å². The maximum atomic E-state index is 10.4. The van der Waals surface area contributed by atoms with Gasteiger partial charge in [-0.2, -0.15) is 0 Å². The molecule has 0 spiro atoms. The van der Waals surface area contributed by atoms with E-state index in [1.807, 2.05) is 25.2 Å². The minimum absolute atomic E-state index is 0.123. The molecule has 0 heterocycles. The third-order valence-corrected chi connectivity index (χ3v) is 3.81. The average Bonchev–Trinajstić information content (AvgIpc) is 2.63. The zero-order valence-corrected chi connectivity index (χ0v) is 16.0. The lowest BCUT2D eigenvalue weighted by molar-refractivity contribution is -0.137. The second-order valence-electron chi connectivity index (χ2n) is 6.03. The van der Waals surface area contributed by atoms with E-state index in [0.29, 0.717) is 19.3 Å². The summed E-state index contributed by atoms with van der Waals surface area (Å²) in [5.74, 6) is -0.744. The predicted octanol–water partition coefficient (Wildman–Crippen LogP) is 3.78. The third kappa shape index (κ3) is 14.6. The van der Waals surface area contributed by atoms with Gasteiger partial charge in [0.2, 0.25) is 0 Å². The minimum atomic E-state index is -0.859. The summed E-state index contributed by atoms with van der Waals surface area (Å²) in [7, 11) is 1.62. The normalized spacial score (nSPS) is 16.2. The van der Waals surface area contributed by atoms with Crippen molar-refractivity contribution in [1.82, 2.24) is 0 Å². The Morgan fingerprint density at radius 2 is 1.62 bits per heavy atom. The van der Waals surface area contributed by atoms with Crippen molar-refractivity contribution in [2.45, 2.75) is 70.2 Å². The Hall–Kier alpha value is -1.69. The number of carboxylic acid groups (broad SMARTS) is 1. The molecular formula is C21H34O5. The van der Waals surface area contributed by atoms with Crippen molar-refractivity contribution in [2.75, 3.05) is 7.11 Å². The van der Waals surface area contributed by atoms with Crippen LogP contribution in [0.2, 0.25) is 0 Å². The number of carbonyl (C=O) groups is 1. The lowest BCUT2D eigenvalue weighted by atomic mass is 10.1. The number of aliphatic carboxylic acids is 1. The zero-order chi connectivity index (χ0) is 19.6. The predicted molar refractivity (Wildman–Crippen MR) is 105 cm³/mol. The summed E-state index contributed by atoms with van der Waals surface area (Å²) < 4.78 is 5.33. The summed E-state index contributed by atoms with van der Waals surface area (Å²) in [4.78, 5) is 10.4. The Balaban J connectivity index is 3.90. The molecule has 5 heteroatoms. The first kappa shape index (κ1) is 24.3. The van der Waals surface area contributed by atoms with Gasteiger partial charge in [-0.15, -0.1) is 0 Å². The van der Waals surface area contributed by atoms with Crippen molar-refractivity contribution in [3.05, 3.63) is 48.6 Å². The van der Waals surface area contributed by atoms with Crippen molar-refractivity contribution in [3.63, 3.8) is 0 Å². The largest absolute Gasteiger partial charge is 0.481 e. The molecule has 0 aromatic rings. The number of hydrogen-bond donors (Lipinski definition) is 3. The van der Waals surface area contributed by atoms with Crippen molar-refractivity contribution >= 4 is 5.97 Å². The van der Waals surface area contributed by atoms with Crippen LogP contribution in [0.25, 0.3) is 0 Å². The molecule has 3 N–H and O–H groups in total. The molecular weight excluding hydrogens is 332 g/mol. The van der Waals surface area contributed by atoms with Crippen LogP contribution in [0, 0.1) is 0 Å². The maximum Gasteiger partial charge on any atom is 0.303 e. The second-order valence-corrected chi connectivity index (χ2v) is 6.03. The molecule has 26 heavy (non-hydrogen) atoms. The molecule has 0 unspecified atom stereocenters. The number of methoxy groups -OCH3 is 1. The Morgan fingerprint density at radius 1 is 1.00 bits per heavy atom. The van der Waals surface area contributed by atoms with Gasteiger partial charge in [-0.25, -0.2) is 0 Å². The van der Waals surface area contributed by atoms with E-state index >= 15 is 0 Å². The first-order valence-electron chi connectivity index (χ1n) is 9.25. The van der Waals surface area contributed by atoms with Crippen LogP contribution in [0.4, 0.5) is 0 Å². The highest BCUT2D eigenvalue weighted by atomic mass is 16.5. The van der Waals surface area contributed by atoms with E-state index in [1.165, 1.54) is 0 Å². The monoisotopic (exact) mass is 366 g/mol. The maximum absolute atomic E-state index is 10.4. The molecule has 5 nitrogen and oxygen atoms in total. The Kier molecular flexibility index (Phi) is 15.7. The molecule has 0 aliphatic carbocycles. The second kappa shape index (κ2) is 16.8. The molecule has 0 saturated heterocycles. The molecule has 0 aromatic heterocycles. The Bertz CT molecular complexity index is 465. The lowest BCUT2D eigenvalue weighted by Crippen LogP contribution is -2.23. The van der Waals surface area contributed by atoms with E-state index in [9.17, 15) is 15.0 Å². The Labute approximate surface area is 157 Å². The number of hydrogen-bond acceptors (Lipinski definition) is 4. The van der Waals surface area contributed by atoms with Crippen molar-refractivity contribution in [3.8, 4) is 0 Å². The van der Waals surface area contributed by atoms with Crippen molar-refractivity contribution in [2.24, 2.45) is 0 Å². The van der Waals surface area contributed by atoms with Crippen LogP contribution in [-0.2, 0) is 9.53 Å². The number of allylic oxidation sites excluding steroid dienone is 5. The van der Waals surface area contributed by atoms with Crippen molar-refractivity contribution < 1.29 is 24.9 Å². The fraction of sp³-hybridized carbons (Fsp3) is 0.571. The van der Waals surface area contributed by atoms with E-state index in [0.717, 1.165) is 19.3 Å². The smallest absolute Gasteiger partial charge is 0.303 e. The van der Waals surface area contributed by atoms with E-state index in [4.69, 9.17) is 9.84 Å². The first-order chi connectivity index (χ1) is 12.5. The quantitative estimate of drug-likeness (QED) is 0.303. The van der Waals surface area contributed by atoms with Crippen molar-refractivity contribution in [1.29, 1.82) is 0 Å². The molecule has 0 bridgehead atoms. The SMILES string of the molecule is CC[C@@H](O)[C@H](O)/C=C/[C@H](C/C=C\C/C=C\C/C=C\CCCC(=O)O)OC. The Morgan fingerprint density at radius 3 is 2.19 bits per heavy atom. The summed E-state index contributed by atoms with van der Waals surface area (Å²) in [6, 6.07) is 0. The highest BCUT2D eigenvalue weighted by Gasteiger charge is 2.10. The van der Waals surface area contributed by atoms with Crippen LogP contribution in [0.15, 0.2) is 48.6 Å². The molecule has 0 aliphatic heterocycles. The van der Waals surface area contributed by atoms with E-state index in [1.54, 1.807) is 19.3 Å². The average molecular weight is 366 g/mol. The first-order valence-corrected chi connectivity index (χ1v) is 9.25. The van der Waals surface area contributed by atoms with E-state index in [2.05, 4.69) is 18.2 Å². The number of carboxylic acids is 1. The molecule has 3 atom stereocenters. The number of aliphatic hydroxyl groups is 2. The third-order valence-electron chi connectivity index (χ3n) is 3.81. The topological polar surface area (TPSA) is 87.0 Å². The van der Waals surface area contributed by atoms with Gasteiger partial charge in [-0.05, 0) is 38.5 Å². The highest BCUT2D eigenvalue weighted by molar-refractivity contribution is 5.66. The molecule has 0 amide bonds. The van der Waals surface area contributed by atoms with Gasteiger partial charge in [-0.3, -0.25) is 4.79 Å². The fourth-order valence-electron chi connectivity index (χ4n) is 2.12. The van der Waals surface area contributed by atoms with Crippen LogP contribution in [0.3, 0.4) is 0 Å². The summed E-state index contributed by atoms with van der Waals surface area (Å²) >= 11 is 0. The van der Waals surface area contributed by atoms with E-state index < -0.39 is 18.2 Å². The molecule has 0 aliphatic rings. The molecule has 0 saturated carbocycles. The van der Waals surface area contributed by atoms with Gasteiger partial charge in [0.1, 0.15) is 0 Å². The zero-order valence-electron chi connectivity index (χ0n) is 16.0. The number of rotatable bonds is 15. The molecule has 0 aromatic carbocycles. The standard InChI is InChI=1S/C21H34O5/c1-3-19(22)20(23)17-16-18(26-2)14-12-10-8-6-4-5-7-9-11-13-15-21(24)25/h4,6-7,9-10,12,16-20,22-23H,3,5,8,11,13-15H2,1-2H3,(H,24,25)/b6-4-,9-7-,12-10-,17-16+/t18-,19+,20+/m0/s1. The van der Waals surface area contributed by atoms with Gasteiger partial charge >= 0.3 is 5.97 Å². The summed E-state index contributed by atoms with van der Waals surface area (Å²) in [6.07, 6.45) is 18.6. The number of aliphatic hydroxyl groups excluding tert-OH is 2. The van der Waals surface area contributed by atoms with Gasteiger partial charge in [-0.1, -0.05) is 55.5 Å². The van der Waals surface area contributed by atoms with Crippen LogP contribution in [0.1, 0.15) is 51.9 Å². The number of unbranched alkanes of at least 4 members (excludes halogenated alkanes) is 1. The van der Waals surface area contributed by atoms with Gasteiger partial charge in [0.05, 0.1) is 18.3 Å². The molecule has 0 radical (unpaired) electrons. The summed E-state index contributed by atoms with van der Waals surface area (Å²) in [5.41, 5.74) is 0. The van der Waals surface area contributed by atoms with Crippen LogP contribution < -0.4 is 0 Å². The van der Waals surface area contributed by atoms with Gasteiger partial charge < -0.3 is 20.1 Å². The molecule has 148 valence electrons. The summed E-state index contributed by atoms with van der Waals surface area (Å²) in [6.45, 7) is 1.82. The van der Waals surface area contributed by atoms with Gasteiger partial charge in [0.15, 0.2) is 0 Å². The highest BCUT2D eigenvalue weighted by Crippen LogP contribution is 2.06. The van der Waals surface area contributed by atoms with E-state index in [-0.39, 0.29) is 12.5 Å². The summed E-state index contributed by atoms with van der Waals surface area (Å²) in [5, 5.41) is 27.7. The fourth-order valence-corrected chi connectivity index (χ4v) is 2.12.